The molecular formula is C28H30Cl2N2O3. The molecule has 0 bridgehead atoms. The van der Waals surface area contributed by atoms with E-state index in [-0.39, 0.29) is 30.9 Å². The van der Waals surface area contributed by atoms with E-state index in [0.29, 0.717) is 22.2 Å². The van der Waals surface area contributed by atoms with Gasteiger partial charge in [0.25, 0.3) is 5.91 Å². The van der Waals surface area contributed by atoms with E-state index in [1.807, 2.05) is 54.6 Å². The lowest BCUT2D eigenvalue weighted by Crippen LogP contribution is -2.51. The predicted octanol–water partition coefficient (Wildman–Crippen LogP) is 5.88. The Labute approximate surface area is 217 Å². The maximum Gasteiger partial charge on any atom is 0.261 e. The Morgan fingerprint density at radius 3 is 2.26 bits per heavy atom. The maximum absolute atomic E-state index is 13.6. The lowest BCUT2D eigenvalue weighted by molar-refractivity contribution is -0.142. The van der Waals surface area contributed by atoms with Gasteiger partial charge in [-0.2, -0.15) is 0 Å². The summed E-state index contributed by atoms with van der Waals surface area (Å²) in [4.78, 5) is 28.1. The van der Waals surface area contributed by atoms with Crippen molar-refractivity contribution in [1.82, 2.24) is 10.2 Å². The zero-order valence-electron chi connectivity index (χ0n) is 20.1. The Morgan fingerprint density at radius 1 is 0.914 bits per heavy atom. The van der Waals surface area contributed by atoms with Crippen molar-refractivity contribution in [3.63, 3.8) is 0 Å². The second-order valence-corrected chi connectivity index (χ2v) is 9.39. The van der Waals surface area contributed by atoms with Gasteiger partial charge in [0.05, 0.1) is 10.0 Å². The van der Waals surface area contributed by atoms with E-state index in [1.165, 1.54) is 0 Å². The average molecular weight is 513 g/mol. The summed E-state index contributed by atoms with van der Waals surface area (Å²) < 4.78 is 5.97. The summed E-state index contributed by atoms with van der Waals surface area (Å²) in [6.07, 6.45) is 0.357. The molecule has 5 nitrogen and oxygen atoms in total. The Bertz CT molecular complexity index is 1150. The minimum absolute atomic E-state index is 0.176. The topological polar surface area (TPSA) is 58.6 Å². The minimum atomic E-state index is -0.742. The van der Waals surface area contributed by atoms with Crippen LogP contribution < -0.4 is 10.1 Å². The molecule has 0 saturated heterocycles. The molecule has 2 amide bonds. The van der Waals surface area contributed by atoms with Crippen LogP contribution in [0, 0.1) is 0 Å². The molecule has 184 valence electrons. The van der Waals surface area contributed by atoms with Gasteiger partial charge in [-0.1, -0.05) is 91.6 Å². The zero-order valence-corrected chi connectivity index (χ0v) is 21.6. The molecule has 0 aliphatic heterocycles. The second-order valence-electron chi connectivity index (χ2n) is 8.57. The van der Waals surface area contributed by atoms with E-state index in [4.69, 9.17) is 27.9 Å². The number of halogens is 2. The normalized spacial score (nSPS) is 11.7. The molecule has 3 rings (SSSR count). The number of carbonyl (C=O) groups is 2. The number of hydrogen-bond donors (Lipinski definition) is 1. The first-order chi connectivity index (χ1) is 16.8. The van der Waals surface area contributed by atoms with Gasteiger partial charge in [-0.3, -0.25) is 9.59 Å². The van der Waals surface area contributed by atoms with Crippen molar-refractivity contribution >= 4 is 35.0 Å². The van der Waals surface area contributed by atoms with Gasteiger partial charge < -0.3 is 15.0 Å². The lowest BCUT2D eigenvalue weighted by atomic mass is 10.0. The van der Waals surface area contributed by atoms with Gasteiger partial charge in [0.15, 0.2) is 6.61 Å². The molecule has 0 unspecified atom stereocenters. The Morgan fingerprint density at radius 2 is 1.60 bits per heavy atom. The van der Waals surface area contributed by atoms with Crippen LogP contribution in [0.2, 0.25) is 10.0 Å². The number of carbonyl (C=O) groups excluding carboxylic acids is 2. The monoisotopic (exact) mass is 512 g/mol. The first-order valence-corrected chi connectivity index (χ1v) is 12.3. The maximum atomic E-state index is 13.6. The molecule has 1 atom stereocenters. The third kappa shape index (κ3) is 7.23. The molecule has 0 aliphatic carbocycles. The molecule has 7 heteroatoms. The number of likely N-dealkylation sites (N-methyl/N-ethyl adjacent to an activating group) is 1. The van der Waals surface area contributed by atoms with Crippen LogP contribution >= 0.6 is 23.2 Å². The molecule has 0 heterocycles. The Balaban J connectivity index is 1.91. The third-order valence-electron chi connectivity index (χ3n) is 5.75. The minimum Gasteiger partial charge on any atom is -0.483 e. The van der Waals surface area contributed by atoms with Gasteiger partial charge >= 0.3 is 0 Å². The summed E-state index contributed by atoms with van der Waals surface area (Å²) in [5, 5.41) is 3.52. The molecule has 3 aromatic carbocycles. The number of ether oxygens (including phenoxy) is 1. The zero-order chi connectivity index (χ0) is 25.4. The van der Waals surface area contributed by atoms with Crippen LogP contribution in [0.15, 0.2) is 72.8 Å². The van der Waals surface area contributed by atoms with Crippen molar-refractivity contribution in [2.24, 2.45) is 0 Å². The fourth-order valence-corrected chi connectivity index (χ4v) is 4.19. The highest BCUT2D eigenvalue weighted by Crippen LogP contribution is 2.27. The van der Waals surface area contributed by atoms with E-state index in [0.717, 1.165) is 16.7 Å². The van der Waals surface area contributed by atoms with Crippen LogP contribution in [0.3, 0.4) is 0 Å². The summed E-state index contributed by atoms with van der Waals surface area (Å²) in [6, 6.07) is 21.7. The van der Waals surface area contributed by atoms with Gasteiger partial charge in [-0.15, -0.1) is 0 Å². The highest BCUT2D eigenvalue weighted by atomic mass is 35.5. The van der Waals surface area contributed by atoms with E-state index < -0.39 is 6.04 Å². The highest BCUT2D eigenvalue weighted by molar-refractivity contribution is 6.42. The summed E-state index contributed by atoms with van der Waals surface area (Å²) >= 11 is 12.3. The predicted molar refractivity (Wildman–Crippen MR) is 141 cm³/mol. The molecule has 0 spiro atoms. The number of nitrogens with zero attached hydrogens (tertiary/aromatic N) is 1. The number of hydrogen-bond acceptors (Lipinski definition) is 3. The molecule has 0 aromatic heterocycles. The molecule has 3 aromatic rings. The summed E-state index contributed by atoms with van der Waals surface area (Å²) in [5.74, 6) is 0.333. The van der Waals surface area contributed by atoms with Gasteiger partial charge in [0, 0.05) is 20.0 Å². The SMILES string of the molecule is CNC(=O)[C@H](Cc1ccccc1)N(Cc1ccc(Cl)c(Cl)c1)C(=O)COc1ccccc1C(C)C. The van der Waals surface area contributed by atoms with Crippen molar-refractivity contribution < 1.29 is 14.3 Å². The van der Waals surface area contributed by atoms with E-state index in [9.17, 15) is 9.59 Å². The molecule has 0 fully saturated rings. The number of para-hydroxylation sites is 1. The quantitative estimate of drug-likeness (QED) is 0.368. The van der Waals surface area contributed by atoms with E-state index >= 15 is 0 Å². The Kier molecular flexibility index (Phi) is 9.58. The molecule has 35 heavy (non-hydrogen) atoms. The van der Waals surface area contributed by atoms with Crippen LogP contribution in [-0.4, -0.2) is 36.4 Å². The standard InChI is InChI=1S/C28H30Cl2N2O3/c1-19(2)22-11-7-8-12-26(22)35-18-27(33)32(17-21-13-14-23(29)24(30)15-21)25(28(34)31-3)16-20-9-5-4-6-10-20/h4-15,19,25H,16-18H2,1-3H3,(H,31,34)/t25-/m0/s1. The molecule has 0 radical (unpaired) electrons. The molecule has 0 saturated carbocycles. The van der Waals surface area contributed by atoms with Crippen LogP contribution in [0.1, 0.15) is 36.5 Å². The number of rotatable bonds is 10. The van der Waals surface area contributed by atoms with Crippen LogP contribution in [0.25, 0.3) is 0 Å². The van der Waals surface area contributed by atoms with Crippen LogP contribution in [-0.2, 0) is 22.6 Å². The first kappa shape index (κ1) is 26.6. The molecular weight excluding hydrogens is 483 g/mol. The molecule has 0 aliphatic rings. The average Bonchev–Trinajstić information content (AvgIpc) is 2.87. The number of benzene rings is 3. The van der Waals surface area contributed by atoms with Gasteiger partial charge in [0.2, 0.25) is 5.91 Å². The highest BCUT2D eigenvalue weighted by Gasteiger charge is 2.30. The fraction of sp³-hybridized carbons (Fsp3) is 0.286. The third-order valence-corrected chi connectivity index (χ3v) is 6.49. The first-order valence-electron chi connectivity index (χ1n) is 11.5. The van der Waals surface area contributed by atoms with Gasteiger partial charge in [-0.25, -0.2) is 0 Å². The van der Waals surface area contributed by atoms with Crippen molar-refractivity contribution in [2.45, 2.75) is 38.8 Å². The van der Waals surface area contributed by atoms with Crippen LogP contribution in [0.4, 0.5) is 0 Å². The van der Waals surface area contributed by atoms with Crippen molar-refractivity contribution in [3.05, 3.63) is 99.5 Å². The number of amides is 2. The van der Waals surface area contributed by atoms with Gasteiger partial charge in [-0.05, 0) is 40.8 Å². The Hall–Kier alpha value is -3.02. The van der Waals surface area contributed by atoms with E-state index in [1.54, 1.807) is 30.1 Å². The summed E-state index contributed by atoms with van der Waals surface area (Å²) in [7, 11) is 1.57. The second kappa shape index (κ2) is 12.6. The lowest BCUT2D eigenvalue weighted by Gasteiger charge is -2.31. The fourth-order valence-electron chi connectivity index (χ4n) is 3.87. The van der Waals surface area contributed by atoms with Crippen molar-refractivity contribution in [2.75, 3.05) is 13.7 Å². The smallest absolute Gasteiger partial charge is 0.261 e. The van der Waals surface area contributed by atoms with Crippen LogP contribution in [0.5, 0.6) is 5.75 Å². The number of nitrogens with one attached hydrogen (secondary N) is 1. The van der Waals surface area contributed by atoms with Crippen molar-refractivity contribution in [1.29, 1.82) is 0 Å². The summed E-state index contributed by atoms with van der Waals surface area (Å²) in [6.45, 7) is 4.12. The summed E-state index contributed by atoms with van der Waals surface area (Å²) in [5.41, 5.74) is 2.72. The van der Waals surface area contributed by atoms with Gasteiger partial charge in [0.1, 0.15) is 11.8 Å². The van der Waals surface area contributed by atoms with Crippen molar-refractivity contribution in [3.8, 4) is 5.75 Å². The van der Waals surface area contributed by atoms with E-state index in [2.05, 4.69) is 19.2 Å². The largest absolute Gasteiger partial charge is 0.483 e. The molecule has 1 N–H and O–H groups in total.